The maximum absolute atomic E-state index is 12.9. The molecule has 0 aliphatic carbocycles. The number of allylic oxidation sites excluding steroid dienone is 1. The molecule has 0 spiro atoms. The van der Waals surface area contributed by atoms with E-state index >= 15 is 0 Å². The van der Waals surface area contributed by atoms with Crippen molar-refractivity contribution in [3.63, 3.8) is 0 Å². The lowest BCUT2D eigenvalue weighted by Crippen LogP contribution is -2.52. The molecule has 1 aromatic carbocycles. The van der Waals surface area contributed by atoms with Gasteiger partial charge in [-0.2, -0.15) is 5.10 Å². The summed E-state index contributed by atoms with van der Waals surface area (Å²) in [5.41, 5.74) is 2.16. The Labute approximate surface area is 204 Å². The van der Waals surface area contributed by atoms with Crippen molar-refractivity contribution in [2.45, 2.75) is 45.7 Å². The lowest BCUT2D eigenvalue weighted by Gasteiger charge is -2.25. The summed E-state index contributed by atoms with van der Waals surface area (Å²) < 4.78 is 6.49. The molecule has 1 heterocycles. The number of nitrogens with zero attached hydrogens (tertiary/aromatic N) is 2. The first-order chi connectivity index (χ1) is 16.1. The number of aromatic nitrogens is 2. The number of rotatable bonds is 11. The molecule has 2 atom stereocenters. The molecule has 2 rings (SSSR count). The topological polar surface area (TPSA) is 123 Å². The first-order valence-electron chi connectivity index (χ1n) is 10.9. The van der Waals surface area contributed by atoms with Crippen LogP contribution in [0, 0.1) is 5.92 Å². The normalized spacial score (nSPS) is 13.3. The number of carboxylic acids is 1. The fourth-order valence-electron chi connectivity index (χ4n) is 3.41. The van der Waals surface area contributed by atoms with E-state index in [1.54, 1.807) is 36.7 Å². The first-order valence-corrected chi connectivity index (χ1v) is 11.5. The van der Waals surface area contributed by atoms with Gasteiger partial charge in [-0.1, -0.05) is 45.0 Å². The molecule has 0 saturated heterocycles. The summed E-state index contributed by atoms with van der Waals surface area (Å²) >= 11 is 4.15. The quantitative estimate of drug-likeness (QED) is 0.358. The second kappa shape index (κ2) is 12.3. The molecule has 0 bridgehead atoms. The van der Waals surface area contributed by atoms with Crippen LogP contribution in [0.1, 0.15) is 32.8 Å². The molecule has 3 N–H and O–H groups in total. The zero-order chi connectivity index (χ0) is 25.4. The number of benzene rings is 1. The summed E-state index contributed by atoms with van der Waals surface area (Å²) in [6.45, 7) is 5.70. The number of carbonyl (C=O) groups is 2. The number of nitrogens with one attached hydrogen (secondary N) is 2. The number of aliphatic carboxylic acids is 1. The van der Waals surface area contributed by atoms with Crippen molar-refractivity contribution in [1.82, 2.24) is 20.4 Å². The Kier molecular flexibility index (Phi) is 9.73. The predicted octanol–water partition coefficient (Wildman–Crippen LogP) is 2.36. The third kappa shape index (κ3) is 6.63. The van der Waals surface area contributed by atoms with E-state index in [1.165, 1.54) is 18.0 Å². The number of carbonyl (C=O) groups excluding carboxylic acids is 1. The largest absolute Gasteiger partial charge is 0.494 e. The summed E-state index contributed by atoms with van der Waals surface area (Å²) in [5, 5.41) is 21.1. The van der Waals surface area contributed by atoms with Crippen LogP contribution >= 0.6 is 12.6 Å². The summed E-state index contributed by atoms with van der Waals surface area (Å²) in [6, 6.07) is 5.19. The number of thiol groups is 1. The van der Waals surface area contributed by atoms with Crippen molar-refractivity contribution in [1.29, 1.82) is 0 Å². The van der Waals surface area contributed by atoms with Gasteiger partial charge in [-0.05, 0) is 28.9 Å². The summed E-state index contributed by atoms with van der Waals surface area (Å²) in [5.74, 6) is -1.25. The minimum atomic E-state index is -1.13. The van der Waals surface area contributed by atoms with Crippen LogP contribution in [0.5, 0.6) is 5.75 Å². The number of ether oxygens (including phenoxy) is 1. The van der Waals surface area contributed by atoms with Crippen molar-refractivity contribution in [2.75, 3.05) is 7.11 Å². The third-order valence-electron chi connectivity index (χ3n) is 5.45. The van der Waals surface area contributed by atoms with E-state index in [0.717, 1.165) is 5.70 Å². The Balaban J connectivity index is 2.22. The van der Waals surface area contributed by atoms with Gasteiger partial charge in [0, 0.05) is 19.2 Å². The highest BCUT2D eigenvalue weighted by Crippen LogP contribution is 2.25. The highest BCUT2D eigenvalue weighted by atomic mass is 32.1. The Morgan fingerprint density at radius 1 is 1.24 bits per heavy atom. The number of hydrogen-bond donors (Lipinski definition) is 4. The molecular formula is C24H32N4O5S. The average molecular weight is 489 g/mol. The minimum Gasteiger partial charge on any atom is -0.494 e. The van der Waals surface area contributed by atoms with Crippen LogP contribution in [0.3, 0.4) is 0 Å². The number of aryl methyl sites for hydroxylation is 1. The van der Waals surface area contributed by atoms with Crippen molar-refractivity contribution in [3.05, 3.63) is 57.5 Å². The molecule has 0 aliphatic heterocycles. The van der Waals surface area contributed by atoms with Crippen molar-refractivity contribution in [3.8, 4) is 16.9 Å². The second-order valence-electron chi connectivity index (χ2n) is 8.19. The average Bonchev–Trinajstić information content (AvgIpc) is 2.81. The van der Waals surface area contributed by atoms with Crippen molar-refractivity contribution >= 4 is 24.5 Å². The SMILES string of the molecule is CC/C(=C\S)N[C@@H](C(=O)N[C@@H](Cc1ccc(-c2c(OC)cnn(C)c2=O)cc1)C(=O)O)C(C)C. The molecule has 1 amide bonds. The lowest BCUT2D eigenvalue weighted by molar-refractivity contribution is -0.142. The maximum Gasteiger partial charge on any atom is 0.326 e. The van der Waals surface area contributed by atoms with E-state index < -0.39 is 24.0 Å². The first kappa shape index (κ1) is 27.0. The number of hydrogen-bond acceptors (Lipinski definition) is 7. The molecule has 2 aromatic rings. The Bertz CT molecular complexity index is 1100. The highest BCUT2D eigenvalue weighted by Gasteiger charge is 2.28. The predicted molar refractivity (Wildman–Crippen MR) is 134 cm³/mol. The zero-order valence-corrected chi connectivity index (χ0v) is 20.9. The number of carboxylic acid groups (broad SMARTS) is 1. The van der Waals surface area contributed by atoms with Crippen LogP contribution in [0.2, 0.25) is 0 Å². The molecule has 0 fully saturated rings. The van der Waals surface area contributed by atoms with Gasteiger partial charge in [-0.25, -0.2) is 9.48 Å². The van der Waals surface area contributed by atoms with E-state index in [2.05, 4.69) is 28.4 Å². The van der Waals surface area contributed by atoms with Gasteiger partial charge >= 0.3 is 5.97 Å². The fourth-order valence-corrected chi connectivity index (χ4v) is 3.67. The van der Waals surface area contributed by atoms with Crippen LogP contribution in [0.15, 0.2) is 46.4 Å². The second-order valence-corrected chi connectivity index (χ2v) is 8.45. The molecule has 9 nitrogen and oxygen atoms in total. The van der Waals surface area contributed by atoms with E-state index in [9.17, 15) is 19.5 Å². The van der Waals surface area contributed by atoms with Gasteiger partial charge in [0.05, 0.1) is 18.9 Å². The molecule has 184 valence electrons. The molecule has 0 saturated carbocycles. The van der Waals surface area contributed by atoms with Gasteiger partial charge in [0.1, 0.15) is 12.1 Å². The third-order valence-corrected chi connectivity index (χ3v) is 5.76. The van der Waals surface area contributed by atoms with Gasteiger partial charge in [-0.15, -0.1) is 12.6 Å². The smallest absolute Gasteiger partial charge is 0.326 e. The van der Waals surface area contributed by atoms with Crippen LogP contribution in [-0.2, 0) is 23.1 Å². The summed E-state index contributed by atoms with van der Waals surface area (Å²) in [4.78, 5) is 37.3. The molecule has 10 heteroatoms. The van der Waals surface area contributed by atoms with E-state index in [4.69, 9.17) is 4.74 Å². The Hall–Kier alpha value is -3.27. The maximum atomic E-state index is 12.9. The summed E-state index contributed by atoms with van der Waals surface area (Å²) in [7, 11) is 3.01. The Morgan fingerprint density at radius 3 is 2.38 bits per heavy atom. The van der Waals surface area contributed by atoms with E-state index in [0.29, 0.717) is 28.9 Å². The molecular weight excluding hydrogens is 456 g/mol. The van der Waals surface area contributed by atoms with Gasteiger partial charge in [0.2, 0.25) is 5.91 Å². The summed E-state index contributed by atoms with van der Waals surface area (Å²) in [6.07, 6.45) is 2.22. The zero-order valence-electron chi connectivity index (χ0n) is 20.0. The standard InChI is InChI=1S/C24H32N4O5S/c1-6-17(13-34)26-21(14(2)3)22(29)27-18(24(31)32)11-15-7-9-16(10-8-15)20-19(33-5)12-25-28(4)23(20)30/h7-10,12-14,18,21,26,34H,6,11H2,1-5H3,(H,27,29)(H,31,32)/b17-13+/t18-,21+/m0/s1. The molecule has 0 aliphatic rings. The molecule has 0 unspecified atom stereocenters. The molecule has 1 aromatic heterocycles. The van der Waals surface area contributed by atoms with E-state index in [-0.39, 0.29) is 17.9 Å². The van der Waals surface area contributed by atoms with Crippen LogP contribution in [-0.4, -0.2) is 46.0 Å². The molecule has 0 radical (unpaired) electrons. The monoisotopic (exact) mass is 488 g/mol. The number of amides is 1. The van der Waals surface area contributed by atoms with Gasteiger partial charge in [0.15, 0.2) is 5.75 Å². The van der Waals surface area contributed by atoms with Crippen LogP contribution in [0.4, 0.5) is 0 Å². The van der Waals surface area contributed by atoms with Crippen LogP contribution < -0.4 is 20.9 Å². The van der Waals surface area contributed by atoms with Crippen LogP contribution in [0.25, 0.3) is 11.1 Å². The van der Waals surface area contributed by atoms with Crippen molar-refractivity contribution < 1.29 is 19.4 Å². The molecule has 34 heavy (non-hydrogen) atoms. The lowest BCUT2D eigenvalue weighted by atomic mass is 9.99. The number of methoxy groups -OCH3 is 1. The minimum absolute atomic E-state index is 0.0680. The highest BCUT2D eigenvalue weighted by molar-refractivity contribution is 7.83. The van der Waals surface area contributed by atoms with Crippen molar-refractivity contribution in [2.24, 2.45) is 13.0 Å². The fraction of sp³-hybridized carbons (Fsp3) is 0.417. The van der Waals surface area contributed by atoms with Gasteiger partial charge in [0.25, 0.3) is 5.56 Å². The Morgan fingerprint density at radius 2 is 1.88 bits per heavy atom. The van der Waals surface area contributed by atoms with Gasteiger partial charge in [-0.3, -0.25) is 9.59 Å². The van der Waals surface area contributed by atoms with E-state index in [1.807, 2.05) is 20.8 Å². The van der Waals surface area contributed by atoms with Gasteiger partial charge < -0.3 is 20.5 Å².